The van der Waals surface area contributed by atoms with Gasteiger partial charge < -0.3 is 18.8 Å². The summed E-state index contributed by atoms with van der Waals surface area (Å²) in [5.41, 5.74) is 0.475. The third kappa shape index (κ3) is 4.56. The maximum Gasteiger partial charge on any atom is 0.387 e. The van der Waals surface area contributed by atoms with Gasteiger partial charge >= 0.3 is 12.6 Å². The number of aryl methyl sites for hydroxylation is 1. The lowest BCUT2D eigenvalue weighted by molar-refractivity contribution is -0.0499. The summed E-state index contributed by atoms with van der Waals surface area (Å²) in [7, 11) is 2.79. The van der Waals surface area contributed by atoms with Crippen molar-refractivity contribution < 1.29 is 32.3 Å². The Balaban J connectivity index is 2.11. The molecule has 2 rings (SSSR count). The molecule has 0 aliphatic carbocycles. The Morgan fingerprint density at radius 3 is 2.64 bits per heavy atom. The van der Waals surface area contributed by atoms with Crippen LogP contribution in [0.5, 0.6) is 5.75 Å². The molecular formula is C17H17F2NO5. The number of alkyl halides is 2. The second kappa shape index (κ2) is 7.78. The Morgan fingerprint density at radius 1 is 1.28 bits per heavy atom. The second-order valence-corrected chi connectivity index (χ2v) is 5.24. The third-order valence-electron chi connectivity index (χ3n) is 3.42. The van der Waals surface area contributed by atoms with Crippen molar-refractivity contribution in [3.05, 3.63) is 53.0 Å². The minimum absolute atomic E-state index is 0.0938. The highest BCUT2D eigenvalue weighted by Gasteiger charge is 2.19. The number of carbonyl (C=O) groups excluding carboxylic acids is 2. The van der Waals surface area contributed by atoms with E-state index in [1.54, 1.807) is 6.92 Å². The van der Waals surface area contributed by atoms with Crippen LogP contribution in [0.2, 0.25) is 0 Å². The van der Waals surface area contributed by atoms with E-state index >= 15 is 0 Å². The first-order chi connectivity index (χ1) is 11.8. The number of ether oxygens (including phenoxy) is 2. The van der Waals surface area contributed by atoms with Crippen molar-refractivity contribution in [2.45, 2.75) is 20.1 Å². The molecule has 0 N–H and O–H groups in total. The molecule has 1 aromatic heterocycles. The molecule has 0 aliphatic rings. The van der Waals surface area contributed by atoms with E-state index in [1.165, 1.54) is 49.4 Å². The fourth-order valence-electron chi connectivity index (χ4n) is 2.27. The minimum Gasteiger partial charge on any atom is -0.465 e. The molecule has 6 nitrogen and oxygen atoms in total. The summed E-state index contributed by atoms with van der Waals surface area (Å²) in [6.07, 6.45) is 0. The molecule has 2 aromatic rings. The Morgan fingerprint density at radius 2 is 2.00 bits per heavy atom. The number of halogens is 2. The van der Waals surface area contributed by atoms with Gasteiger partial charge in [-0.2, -0.15) is 8.78 Å². The summed E-state index contributed by atoms with van der Waals surface area (Å²) in [6, 6.07) is 7.01. The predicted octanol–water partition coefficient (Wildman–Crippen LogP) is 3.25. The van der Waals surface area contributed by atoms with Crippen molar-refractivity contribution in [3.8, 4) is 5.75 Å². The molecule has 8 heteroatoms. The topological polar surface area (TPSA) is 69.0 Å². The maximum absolute atomic E-state index is 12.4. The van der Waals surface area contributed by atoms with E-state index in [2.05, 4.69) is 9.47 Å². The molecule has 0 fully saturated rings. The van der Waals surface area contributed by atoms with Gasteiger partial charge in [-0.1, -0.05) is 6.07 Å². The number of benzene rings is 1. The molecular weight excluding hydrogens is 336 g/mol. The smallest absolute Gasteiger partial charge is 0.387 e. The highest BCUT2D eigenvalue weighted by molar-refractivity contribution is 5.94. The summed E-state index contributed by atoms with van der Waals surface area (Å²) in [5, 5.41) is 0. The van der Waals surface area contributed by atoms with Crippen LogP contribution in [0, 0.1) is 6.92 Å². The van der Waals surface area contributed by atoms with Crippen molar-refractivity contribution in [3.63, 3.8) is 0 Å². The lowest BCUT2D eigenvalue weighted by atomic mass is 10.2. The van der Waals surface area contributed by atoms with Gasteiger partial charge in [0.15, 0.2) is 0 Å². The molecule has 0 atom stereocenters. The van der Waals surface area contributed by atoms with E-state index in [0.717, 1.165) is 0 Å². The predicted molar refractivity (Wildman–Crippen MR) is 83.7 cm³/mol. The van der Waals surface area contributed by atoms with Crippen LogP contribution in [0.15, 0.2) is 34.7 Å². The Bertz CT molecular complexity index is 772. The minimum atomic E-state index is -2.97. The zero-order valence-electron chi connectivity index (χ0n) is 13.9. The van der Waals surface area contributed by atoms with Gasteiger partial charge in [-0.25, -0.2) is 4.79 Å². The van der Waals surface area contributed by atoms with Crippen molar-refractivity contribution in [1.82, 2.24) is 4.90 Å². The number of esters is 1. The van der Waals surface area contributed by atoms with Crippen LogP contribution in [-0.2, 0) is 11.3 Å². The van der Waals surface area contributed by atoms with Gasteiger partial charge in [0.25, 0.3) is 5.91 Å². The van der Waals surface area contributed by atoms with Crippen LogP contribution in [0.3, 0.4) is 0 Å². The molecule has 25 heavy (non-hydrogen) atoms. The molecule has 1 amide bonds. The molecule has 0 spiro atoms. The average Bonchev–Trinajstić information content (AvgIpc) is 2.93. The number of furan rings is 1. The van der Waals surface area contributed by atoms with Crippen LogP contribution in [0.4, 0.5) is 8.78 Å². The molecule has 0 radical (unpaired) electrons. The van der Waals surface area contributed by atoms with Crippen molar-refractivity contribution >= 4 is 11.9 Å². The van der Waals surface area contributed by atoms with Gasteiger partial charge in [0.2, 0.25) is 0 Å². The summed E-state index contributed by atoms with van der Waals surface area (Å²) in [4.78, 5) is 25.3. The first-order valence-electron chi connectivity index (χ1n) is 7.29. The van der Waals surface area contributed by atoms with E-state index in [9.17, 15) is 18.4 Å². The van der Waals surface area contributed by atoms with Crippen molar-refractivity contribution in [2.75, 3.05) is 14.2 Å². The second-order valence-electron chi connectivity index (χ2n) is 5.24. The SMILES string of the molecule is COC(=O)c1cc(CN(C)C(=O)c2cccc(OC(F)F)c2)oc1C. The van der Waals surface area contributed by atoms with Gasteiger partial charge in [0.1, 0.15) is 22.8 Å². The first kappa shape index (κ1) is 18.4. The van der Waals surface area contributed by atoms with Gasteiger partial charge in [0.05, 0.1) is 13.7 Å². The van der Waals surface area contributed by atoms with Crippen LogP contribution in [0.25, 0.3) is 0 Å². The number of rotatable bonds is 6. The molecule has 1 aromatic carbocycles. The number of nitrogens with zero attached hydrogens (tertiary/aromatic N) is 1. The fraction of sp³-hybridized carbons (Fsp3) is 0.294. The molecule has 0 aliphatic heterocycles. The maximum atomic E-state index is 12.4. The molecule has 0 bridgehead atoms. The van der Waals surface area contributed by atoms with Crippen LogP contribution in [0.1, 0.15) is 32.2 Å². The van der Waals surface area contributed by atoms with E-state index in [0.29, 0.717) is 11.5 Å². The standard InChI is InChI=1S/C17H17F2NO5/c1-10-14(16(22)23-3)8-13(24-10)9-20(2)15(21)11-5-4-6-12(7-11)25-17(18)19/h4-8,17H,9H2,1-3H3. The monoisotopic (exact) mass is 353 g/mol. The summed E-state index contributed by atoms with van der Waals surface area (Å²) < 4.78 is 38.9. The lowest BCUT2D eigenvalue weighted by Gasteiger charge is -2.16. The quantitative estimate of drug-likeness (QED) is 0.746. The van der Waals surface area contributed by atoms with Gasteiger partial charge in [-0.3, -0.25) is 4.79 Å². The highest BCUT2D eigenvalue weighted by atomic mass is 19.3. The largest absolute Gasteiger partial charge is 0.465 e. The lowest BCUT2D eigenvalue weighted by Crippen LogP contribution is -2.26. The zero-order chi connectivity index (χ0) is 18.6. The summed E-state index contributed by atoms with van der Waals surface area (Å²) in [6.45, 7) is -1.26. The number of carbonyl (C=O) groups is 2. The molecule has 0 unspecified atom stereocenters. The molecule has 134 valence electrons. The zero-order valence-corrected chi connectivity index (χ0v) is 13.9. The van der Waals surface area contributed by atoms with Crippen LogP contribution < -0.4 is 4.74 Å². The molecule has 0 saturated heterocycles. The number of hydrogen-bond acceptors (Lipinski definition) is 5. The number of hydrogen-bond donors (Lipinski definition) is 0. The normalized spacial score (nSPS) is 10.6. The van der Waals surface area contributed by atoms with Gasteiger partial charge in [-0.15, -0.1) is 0 Å². The van der Waals surface area contributed by atoms with Crippen molar-refractivity contribution in [2.24, 2.45) is 0 Å². The summed E-state index contributed by atoms with van der Waals surface area (Å²) >= 11 is 0. The Hall–Kier alpha value is -2.90. The first-order valence-corrected chi connectivity index (χ1v) is 7.29. The van der Waals surface area contributed by atoms with Crippen molar-refractivity contribution in [1.29, 1.82) is 0 Å². The molecule has 1 heterocycles. The number of amides is 1. The van der Waals surface area contributed by atoms with Crippen LogP contribution in [-0.4, -0.2) is 37.5 Å². The third-order valence-corrected chi connectivity index (χ3v) is 3.42. The van der Waals surface area contributed by atoms with E-state index in [1.807, 2.05) is 0 Å². The van der Waals surface area contributed by atoms with E-state index < -0.39 is 18.5 Å². The van der Waals surface area contributed by atoms with E-state index in [-0.39, 0.29) is 23.4 Å². The number of methoxy groups -OCH3 is 1. The van der Waals surface area contributed by atoms with Gasteiger partial charge in [0, 0.05) is 12.6 Å². The molecule has 0 saturated carbocycles. The Labute approximate surface area is 142 Å². The fourth-order valence-corrected chi connectivity index (χ4v) is 2.27. The highest BCUT2D eigenvalue weighted by Crippen LogP contribution is 2.20. The van der Waals surface area contributed by atoms with Crippen LogP contribution >= 0.6 is 0 Å². The van der Waals surface area contributed by atoms with E-state index in [4.69, 9.17) is 4.42 Å². The average molecular weight is 353 g/mol. The Kier molecular flexibility index (Phi) is 5.74. The summed E-state index contributed by atoms with van der Waals surface area (Å²) in [5.74, 6) is -0.258. The van der Waals surface area contributed by atoms with Gasteiger partial charge in [-0.05, 0) is 31.2 Å².